The molecule has 0 radical (unpaired) electrons. The highest BCUT2D eigenvalue weighted by molar-refractivity contribution is 7.99. The lowest BCUT2D eigenvalue weighted by Crippen LogP contribution is -2.25. The standard InChI is InChI=1S/C16H14Cl2N4S2/c17-13-6-5-12(7-14(13)18)20-16(19)23-8-10-1-3-11(4-2-10)15-9-24-22-21-15/h1-7,9,16,20H,8,19H2. The molecule has 3 rings (SSSR count). The van der Waals surface area contributed by atoms with Gasteiger partial charge in [0, 0.05) is 22.4 Å². The first-order chi connectivity index (χ1) is 11.6. The zero-order chi connectivity index (χ0) is 16.9. The van der Waals surface area contributed by atoms with Crippen LogP contribution in [0, 0.1) is 0 Å². The normalized spacial score (nSPS) is 12.1. The van der Waals surface area contributed by atoms with Crippen molar-refractivity contribution >= 4 is 52.2 Å². The minimum atomic E-state index is -0.246. The van der Waals surface area contributed by atoms with Gasteiger partial charge >= 0.3 is 0 Å². The molecule has 1 heterocycles. The summed E-state index contributed by atoms with van der Waals surface area (Å²) in [5.74, 6) is 0.797. The summed E-state index contributed by atoms with van der Waals surface area (Å²) >= 11 is 14.9. The maximum absolute atomic E-state index is 6.11. The van der Waals surface area contributed by atoms with E-state index in [0.717, 1.165) is 22.7 Å². The maximum Gasteiger partial charge on any atom is 0.123 e. The number of hydrogen-bond donors (Lipinski definition) is 2. The van der Waals surface area contributed by atoms with Crippen LogP contribution in [0.5, 0.6) is 0 Å². The van der Waals surface area contributed by atoms with E-state index in [9.17, 15) is 0 Å². The van der Waals surface area contributed by atoms with Crippen molar-refractivity contribution in [1.29, 1.82) is 0 Å². The van der Waals surface area contributed by atoms with E-state index in [0.29, 0.717) is 10.0 Å². The molecule has 3 aromatic rings. The van der Waals surface area contributed by atoms with Crippen molar-refractivity contribution < 1.29 is 0 Å². The van der Waals surface area contributed by atoms with Crippen molar-refractivity contribution in [2.24, 2.45) is 5.73 Å². The zero-order valence-corrected chi connectivity index (χ0v) is 15.6. The Bertz CT molecular complexity index is 794. The highest BCUT2D eigenvalue weighted by atomic mass is 35.5. The second-order valence-electron chi connectivity index (χ2n) is 4.99. The van der Waals surface area contributed by atoms with Gasteiger partial charge in [-0.25, -0.2) is 0 Å². The van der Waals surface area contributed by atoms with Gasteiger partial charge < -0.3 is 11.1 Å². The van der Waals surface area contributed by atoms with E-state index >= 15 is 0 Å². The lowest BCUT2D eigenvalue weighted by molar-refractivity contribution is 1.06. The van der Waals surface area contributed by atoms with Gasteiger partial charge in [-0.3, -0.25) is 0 Å². The highest BCUT2D eigenvalue weighted by Gasteiger charge is 2.06. The van der Waals surface area contributed by atoms with Crippen molar-refractivity contribution in [2.45, 2.75) is 11.3 Å². The second-order valence-corrected chi connectivity index (χ2v) is 7.55. The number of nitrogens with zero attached hydrogens (tertiary/aromatic N) is 2. The molecule has 0 spiro atoms. The van der Waals surface area contributed by atoms with E-state index < -0.39 is 0 Å². The Balaban J connectivity index is 1.54. The SMILES string of the molecule is NC(Nc1ccc(Cl)c(Cl)c1)SCc1ccc(-c2csnn2)cc1. The Morgan fingerprint density at radius 2 is 1.92 bits per heavy atom. The maximum atomic E-state index is 6.11. The third-order valence-electron chi connectivity index (χ3n) is 3.27. The van der Waals surface area contributed by atoms with Crippen LogP contribution in [0.3, 0.4) is 0 Å². The van der Waals surface area contributed by atoms with Gasteiger partial charge in [-0.15, -0.1) is 16.9 Å². The number of nitrogens with one attached hydrogen (secondary N) is 1. The average Bonchev–Trinajstić information content (AvgIpc) is 3.11. The molecule has 1 unspecified atom stereocenters. The van der Waals surface area contributed by atoms with Crippen LogP contribution in [-0.2, 0) is 5.75 Å². The average molecular weight is 397 g/mol. The molecular formula is C16H14Cl2N4S2. The summed E-state index contributed by atoms with van der Waals surface area (Å²) in [6.45, 7) is 0. The Labute approximate surface area is 158 Å². The predicted octanol–water partition coefficient (Wildman–Crippen LogP) is 5.10. The molecule has 1 aromatic heterocycles. The van der Waals surface area contributed by atoms with Crippen LogP contribution < -0.4 is 11.1 Å². The second kappa shape index (κ2) is 8.18. The summed E-state index contributed by atoms with van der Waals surface area (Å²) in [4.78, 5) is 0. The summed E-state index contributed by atoms with van der Waals surface area (Å²) in [5.41, 5.74) is 9.86. The fraction of sp³-hybridized carbons (Fsp3) is 0.125. The molecule has 8 heteroatoms. The summed E-state index contributed by atoms with van der Waals surface area (Å²) in [5, 5.41) is 10.2. The monoisotopic (exact) mass is 396 g/mol. The topological polar surface area (TPSA) is 63.8 Å². The van der Waals surface area contributed by atoms with Gasteiger partial charge in [0.25, 0.3) is 0 Å². The van der Waals surface area contributed by atoms with E-state index in [1.807, 2.05) is 23.6 Å². The smallest absolute Gasteiger partial charge is 0.123 e. The van der Waals surface area contributed by atoms with E-state index in [-0.39, 0.29) is 5.50 Å². The third-order valence-corrected chi connectivity index (χ3v) is 5.49. The lowest BCUT2D eigenvalue weighted by atomic mass is 10.1. The summed E-state index contributed by atoms with van der Waals surface area (Å²) in [6, 6.07) is 13.6. The number of hydrogen-bond acceptors (Lipinski definition) is 6. The Hall–Kier alpha value is -1.31. The number of rotatable bonds is 6. The van der Waals surface area contributed by atoms with Crippen LogP contribution in [0.1, 0.15) is 5.56 Å². The van der Waals surface area contributed by atoms with Gasteiger partial charge in [0.05, 0.1) is 10.0 Å². The van der Waals surface area contributed by atoms with Crippen molar-refractivity contribution in [3.8, 4) is 11.3 Å². The largest absolute Gasteiger partial charge is 0.361 e. The lowest BCUT2D eigenvalue weighted by Gasteiger charge is -2.15. The molecule has 1 atom stereocenters. The molecule has 2 aromatic carbocycles. The molecule has 0 saturated carbocycles. The predicted molar refractivity (Wildman–Crippen MR) is 105 cm³/mol. The number of aromatic nitrogens is 2. The van der Waals surface area contributed by atoms with Crippen molar-refractivity contribution in [3.63, 3.8) is 0 Å². The first kappa shape index (κ1) is 17.5. The molecule has 3 N–H and O–H groups in total. The van der Waals surface area contributed by atoms with Crippen LogP contribution in [0.4, 0.5) is 5.69 Å². The van der Waals surface area contributed by atoms with Crippen LogP contribution in [0.15, 0.2) is 47.8 Å². The van der Waals surface area contributed by atoms with E-state index in [4.69, 9.17) is 28.9 Å². The highest BCUT2D eigenvalue weighted by Crippen LogP contribution is 2.26. The molecule has 124 valence electrons. The molecule has 0 fully saturated rings. The van der Waals surface area contributed by atoms with Crippen molar-refractivity contribution in [3.05, 3.63) is 63.5 Å². The number of halogens is 2. The Morgan fingerprint density at radius 3 is 2.58 bits per heavy atom. The van der Waals surface area contributed by atoms with Crippen molar-refractivity contribution in [2.75, 3.05) is 5.32 Å². The molecule has 0 saturated heterocycles. The van der Waals surface area contributed by atoms with Crippen molar-refractivity contribution in [1.82, 2.24) is 9.59 Å². The molecule has 0 aliphatic carbocycles. The van der Waals surface area contributed by atoms with Crippen LogP contribution >= 0.6 is 46.5 Å². The Kier molecular flexibility index (Phi) is 5.97. The van der Waals surface area contributed by atoms with E-state index in [2.05, 4.69) is 27.0 Å². The summed E-state index contributed by atoms with van der Waals surface area (Å²) in [7, 11) is 0. The first-order valence-electron chi connectivity index (χ1n) is 7.07. The summed E-state index contributed by atoms with van der Waals surface area (Å²) in [6.07, 6.45) is 0. The van der Waals surface area contributed by atoms with Crippen LogP contribution in [-0.4, -0.2) is 15.1 Å². The third kappa shape index (κ3) is 4.62. The number of anilines is 1. The zero-order valence-electron chi connectivity index (χ0n) is 12.4. The number of thioether (sulfide) groups is 1. The minimum absolute atomic E-state index is 0.246. The number of benzene rings is 2. The Morgan fingerprint density at radius 1 is 1.12 bits per heavy atom. The van der Waals surface area contributed by atoms with Gasteiger partial charge in [-0.05, 0) is 35.3 Å². The molecule has 0 bridgehead atoms. The molecule has 0 amide bonds. The van der Waals surface area contributed by atoms with Gasteiger partial charge in [-0.1, -0.05) is 52.0 Å². The van der Waals surface area contributed by atoms with Gasteiger partial charge in [0.1, 0.15) is 11.2 Å². The minimum Gasteiger partial charge on any atom is -0.361 e. The first-order valence-corrected chi connectivity index (χ1v) is 9.71. The van der Waals surface area contributed by atoms with Gasteiger partial charge in [0.2, 0.25) is 0 Å². The quantitative estimate of drug-likeness (QED) is 0.567. The summed E-state index contributed by atoms with van der Waals surface area (Å²) < 4.78 is 3.88. The molecule has 4 nitrogen and oxygen atoms in total. The van der Waals surface area contributed by atoms with Crippen LogP contribution in [0.25, 0.3) is 11.3 Å². The fourth-order valence-electron chi connectivity index (χ4n) is 2.04. The molecule has 24 heavy (non-hydrogen) atoms. The number of nitrogens with two attached hydrogens (primary N) is 1. The molecular weight excluding hydrogens is 383 g/mol. The van der Waals surface area contributed by atoms with Gasteiger partial charge in [0.15, 0.2) is 0 Å². The van der Waals surface area contributed by atoms with Crippen LogP contribution in [0.2, 0.25) is 10.0 Å². The molecule has 0 aliphatic heterocycles. The van der Waals surface area contributed by atoms with E-state index in [1.54, 1.807) is 23.9 Å². The fourth-order valence-corrected chi connectivity index (χ4v) is 3.59. The van der Waals surface area contributed by atoms with Gasteiger partial charge in [-0.2, -0.15) is 0 Å². The molecule has 0 aliphatic rings. The van der Waals surface area contributed by atoms with E-state index in [1.165, 1.54) is 17.1 Å².